The van der Waals surface area contributed by atoms with Gasteiger partial charge in [0.1, 0.15) is 5.82 Å². The minimum absolute atomic E-state index is 0.112. The lowest BCUT2D eigenvalue weighted by Gasteiger charge is -2.12. The molecule has 0 aliphatic rings. The van der Waals surface area contributed by atoms with E-state index in [1.54, 1.807) is 0 Å². The number of unbranched alkanes of at least 4 members (excludes halogenated alkanes) is 1. The zero-order chi connectivity index (χ0) is 15.5. The molecule has 0 amide bonds. The summed E-state index contributed by atoms with van der Waals surface area (Å²) in [4.78, 5) is 0. The van der Waals surface area contributed by atoms with Gasteiger partial charge in [-0.25, -0.2) is 9.07 Å². The lowest BCUT2D eigenvalue weighted by Crippen LogP contribution is -2.11. The Morgan fingerprint density at radius 3 is 2.62 bits per heavy atom. The van der Waals surface area contributed by atoms with Gasteiger partial charge in [-0.3, -0.25) is 0 Å². The summed E-state index contributed by atoms with van der Waals surface area (Å²) in [6.45, 7) is 0.776. The number of tetrazole rings is 1. The third-order valence-corrected chi connectivity index (χ3v) is 2.88. The number of halogens is 4. The summed E-state index contributed by atoms with van der Waals surface area (Å²) in [5.41, 5.74) is 4.01. The number of alkyl halides is 3. The molecular weight excluding hydrogens is 290 g/mol. The summed E-state index contributed by atoms with van der Waals surface area (Å²) in [5.74, 6) is -0.895. The van der Waals surface area contributed by atoms with Gasteiger partial charge >= 0.3 is 6.18 Å². The van der Waals surface area contributed by atoms with Crippen LogP contribution in [0.2, 0.25) is 0 Å². The van der Waals surface area contributed by atoms with Crippen molar-refractivity contribution in [3.05, 3.63) is 29.6 Å². The predicted octanol–water partition coefficient (Wildman–Crippen LogP) is 2.24. The lowest BCUT2D eigenvalue weighted by molar-refractivity contribution is -0.137. The maximum Gasteiger partial charge on any atom is 0.417 e. The van der Waals surface area contributed by atoms with Crippen molar-refractivity contribution in [3.8, 4) is 11.4 Å². The van der Waals surface area contributed by atoms with Gasteiger partial charge in [0.2, 0.25) is 0 Å². The monoisotopic (exact) mass is 303 g/mol. The van der Waals surface area contributed by atoms with Crippen LogP contribution in [0.4, 0.5) is 17.6 Å². The summed E-state index contributed by atoms with van der Waals surface area (Å²) < 4.78 is 53.5. The molecule has 1 aromatic carbocycles. The van der Waals surface area contributed by atoms with Gasteiger partial charge in [0.15, 0.2) is 5.82 Å². The van der Waals surface area contributed by atoms with Crippen LogP contribution in [0.3, 0.4) is 0 Å². The highest BCUT2D eigenvalue weighted by molar-refractivity contribution is 5.61. The highest BCUT2D eigenvalue weighted by Gasteiger charge is 2.35. The Labute approximate surface area is 117 Å². The maximum absolute atomic E-state index is 13.3. The van der Waals surface area contributed by atoms with Crippen LogP contribution in [0.15, 0.2) is 18.2 Å². The summed E-state index contributed by atoms with van der Waals surface area (Å²) in [7, 11) is 0. The molecule has 2 N–H and O–H groups in total. The van der Waals surface area contributed by atoms with E-state index in [4.69, 9.17) is 5.73 Å². The molecule has 0 bridgehead atoms. The van der Waals surface area contributed by atoms with Gasteiger partial charge in [-0.1, -0.05) is 0 Å². The van der Waals surface area contributed by atoms with Crippen LogP contribution in [0.5, 0.6) is 0 Å². The van der Waals surface area contributed by atoms with Gasteiger partial charge in [0.05, 0.1) is 5.56 Å². The SMILES string of the molecule is NCCCCn1nnnc1-c1cc(F)ccc1C(F)(F)F. The van der Waals surface area contributed by atoms with E-state index in [1.807, 2.05) is 0 Å². The summed E-state index contributed by atoms with van der Waals surface area (Å²) >= 11 is 0. The first-order valence-electron chi connectivity index (χ1n) is 6.27. The highest BCUT2D eigenvalue weighted by Crippen LogP contribution is 2.36. The van der Waals surface area contributed by atoms with Crippen LogP contribution in [-0.2, 0) is 12.7 Å². The van der Waals surface area contributed by atoms with E-state index in [1.165, 1.54) is 4.68 Å². The smallest absolute Gasteiger partial charge is 0.330 e. The molecule has 0 unspecified atom stereocenters. The van der Waals surface area contributed by atoms with E-state index in [2.05, 4.69) is 15.5 Å². The van der Waals surface area contributed by atoms with Crippen molar-refractivity contribution in [1.82, 2.24) is 20.2 Å². The molecule has 1 aromatic heterocycles. The molecule has 0 saturated carbocycles. The third kappa shape index (κ3) is 3.54. The van der Waals surface area contributed by atoms with Crippen molar-refractivity contribution in [2.24, 2.45) is 5.73 Å². The molecule has 2 rings (SSSR count). The number of aromatic nitrogens is 4. The van der Waals surface area contributed by atoms with Crippen molar-refractivity contribution in [3.63, 3.8) is 0 Å². The number of hydrogen-bond donors (Lipinski definition) is 1. The highest BCUT2D eigenvalue weighted by atomic mass is 19.4. The predicted molar refractivity (Wildman–Crippen MR) is 66.5 cm³/mol. The number of hydrogen-bond acceptors (Lipinski definition) is 4. The van der Waals surface area contributed by atoms with Crippen LogP contribution in [0, 0.1) is 5.82 Å². The molecule has 0 aliphatic heterocycles. The van der Waals surface area contributed by atoms with Gasteiger partial charge in [0, 0.05) is 12.1 Å². The molecule has 0 fully saturated rings. The second kappa shape index (κ2) is 6.17. The number of benzene rings is 1. The Kier molecular flexibility index (Phi) is 4.51. The van der Waals surface area contributed by atoms with Gasteiger partial charge in [0.25, 0.3) is 0 Å². The van der Waals surface area contributed by atoms with E-state index < -0.39 is 17.6 Å². The van der Waals surface area contributed by atoms with Crippen LogP contribution in [-0.4, -0.2) is 26.8 Å². The molecule has 21 heavy (non-hydrogen) atoms. The van der Waals surface area contributed by atoms with E-state index in [-0.39, 0.29) is 11.4 Å². The minimum atomic E-state index is -4.61. The van der Waals surface area contributed by atoms with Gasteiger partial charge in [-0.2, -0.15) is 13.2 Å². The number of nitrogens with two attached hydrogens (primary N) is 1. The van der Waals surface area contributed by atoms with Gasteiger partial charge in [-0.05, 0) is 48.0 Å². The van der Waals surface area contributed by atoms with Crippen molar-refractivity contribution >= 4 is 0 Å². The molecule has 0 radical (unpaired) electrons. The zero-order valence-corrected chi connectivity index (χ0v) is 10.9. The van der Waals surface area contributed by atoms with E-state index >= 15 is 0 Å². The molecule has 0 aliphatic carbocycles. The first-order valence-corrected chi connectivity index (χ1v) is 6.27. The number of nitrogens with zero attached hydrogens (tertiary/aromatic N) is 4. The molecule has 5 nitrogen and oxygen atoms in total. The normalized spacial score (nSPS) is 11.9. The Hall–Kier alpha value is -2.03. The largest absolute Gasteiger partial charge is 0.417 e. The van der Waals surface area contributed by atoms with Crippen LogP contribution >= 0.6 is 0 Å². The topological polar surface area (TPSA) is 69.6 Å². The first-order chi connectivity index (χ1) is 9.93. The molecule has 0 saturated heterocycles. The lowest BCUT2D eigenvalue weighted by atomic mass is 10.1. The average Bonchev–Trinajstić information content (AvgIpc) is 2.86. The maximum atomic E-state index is 13.3. The van der Waals surface area contributed by atoms with E-state index in [9.17, 15) is 17.6 Å². The van der Waals surface area contributed by atoms with Crippen molar-refractivity contribution in [2.75, 3.05) is 6.54 Å². The zero-order valence-electron chi connectivity index (χ0n) is 10.9. The van der Waals surface area contributed by atoms with Crippen LogP contribution in [0.1, 0.15) is 18.4 Å². The summed E-state index contributed by atoms with van der Waals surface area (Å²) in [5, 5.41) is 10.6. The molecule has 2 aromatic rings. The summed E-state index contributed by atoms with van der Waals surface area (Å²) in [6, 6.07) is 2.23. The fraction of sp³-hybridized carbons (Fsp3) is 0.417. The minimum Gasteiger partial charge on any atom is -0.330 e. The van der Waals surface area contributed by atoms with Crippen LogP contribution in [0.25, 0.3) is 11.4 Å². The fourth-order valence-electron chi connectivity index (χ4n) is 1.90. The Morgan fingerprint density at radius 1 is 1.19 bits per heavy atom. The standard InChI is InChI=1S/C12H13F4N5/c13-8-3-4-10(12(14,15)16)9(7-8)11-18-19-20-21(11)6-2-1-5-17/h3-4,7H,1-2,5-6,17H2. The van der Waals surface area contributed by atoms with Crippen molar-refractivity contribution < 1.29 is 17.6 Å². The van der Waals surface area contributed by atoms with Crippen molar-refractivity contribution in [1.29, 1.82) is 0 Å². The van der Waals surface area contributed by atoms with Crippen LogP contribution < -0.4 is 5.73 Å². The third-order valence-electron chi connectivity index (χ3n) is 2.88. The molecule has 0 atom stereocenters. The summed E-state index contributed by atoms with van der Waals surface area (Å²) in [6.07, 6.45) is -3.31. The number of aryl methyl sites for hydroxylation is 1. The van der Waals surface area contributed by atoms with Crippen molar-refractivity contribution in [2.45, 2.75) is 25.6 Å². The van der Waals surface area contributed by atoms with E-state index in [0.717, 1.165) is 12.1 Å². The Bertz CT molecular complexity index is 608. The van der Waals surface area contributed by atoms with Gasteiger partial charge < -0.3 is 5.73 Å². The number of rotatable bonds is 5. The quantitative estimate of drug-likeness (QED) is 0.679. The Morgan fingerprint density at radius 2 is 1.95 bits per heavy atom. The second-order valence-electron chi connectivity index (χ2n) is 4.41. The molecule has 1 heterocycles. The fourth-order valence-corrected chi connectivity index (χ4v) is 1.90. The molecule has 9 heteroatoms. The molecular formula is C12H13F4N5. The van der Waals surface area contributed by atoms with Gasteiger partial charge in [-0.15, -0.1) is 5.10 Å². The molecule has 0 spiro atoms. The Balaban J connectivity index is 2.42. The average molecular weight is 303 g/mol. The second-order valence-corrected chi connectivity index (χ2v) is 4.41. The molecule has 114 valence electrons. The van der Waals surface area contributed by atoms with E-state index in [0.29, 0.717) is 32.0 Å². The first kappa shape index (κ1) is 15.4.